The van der Waals surface area contributed by atoms with E-state index in [0.717, 1.165) is 74.4 Å². The first-order chi connectivity index (χ1) is 18.8. The Balaban J connectivity index is 1.20. The Bertz CT molecular complexity index is 1850. The van der Waals surface area contributed by atoms with E-state index in [0.29, 0.717) is 0 Å². The Labute approximate surface area is 222 Å². The molecule has 7 rings (SSSR count). The third-order valence-corrected chi connectivity index (χ3v) is 7.32. The predicted octanol–water partition coefficient (Wildman–Crippen LogP) is 6.58. The van der Waals surface area contributed by atoms with Crippen molar-refractivity contribution < 1.29 is 0 Å². The number of aromatic amines is 2. The maximum Gasteiger partial charge on any atom is 0.116 e. The molecule has 0 aliphatic heterocycles. The quantitative estimate of drug-likeness (QED) is 0.224. The van der Waals surface area contributed by atoms with Gasteiger partial charge in [-0.1, -0.05) is 30.3 Å². The van der Waals surface area contributed by atoms with Crippen LogP contribution in [0.15, 0.2) is 96.2 Å². The second-order valence-corrected chi connectivity index (χ2v) is 9.95. The fraction of sp³-hybridized carbons (Fsp3) is 0.0667. The summed E-state index contributed by atoms with van der Waals surface area (Å²) in [6.07, 6.45) is 7.43. The normalized spacial score (nSPS) is 11.5. The fourth-order valence-corrected chi connectivity index (χ4v) is 5.40. The molecular formula is C30H23N7S. The molecule has 0 aliphatic rings. The molecule has 0 saturated heterocycles. The summed E-state index contributed by atoms with van der Waals surface area (Å²) in [5, 5.41) is 17.5. The van der Waals surface area contributed by atoms with E-state index in [9.17, 15) is 0 Å². The van der Waals surface area contributed by atoms with Crippen molar-refractivity contribution in [3.63, 3.8) is 0 Å². The third kappa shape index (κ3) is 4.26. The van der Waals surface area contributed by atoms with Gasteiger partial charge in [0.05, 0.1) is 28.8 Å². The standard InChI is InChI=1S/C30H23N7S/c1-2-4-19(5-3-1)13-31-14-20-10-22(16-32-15-20)26-11-24-28(17-34-26)36-37-30(24)27-12-23-25(35-27)6-8-33-29(23)21-7-9-38-18-21/h1-12,15-18,31,35H,13-14H2,(H,36,37). The number of fused-ring (bicyclic) bond motifs is 2. The molecule has 0 bridgehead atoms. The summed E-state index contributed by atoms with van der Waals surface area (Å²) in [4.78, 5) is 17.4. The van der Waals surface area contributed by atoms with Gasteiger partial charge in [-0.3, -0.25) is 20.1 Å². The SMILES string of the molecule is c1ccc(CNCc2cncc(-c3cc4c(-c5cc6c(-c7ccsc7)nccc6[nH]5)n[nH]c4cn3)c2)cc1. The second-order valence-electron chi connectivity index (χ2n) is 9.17. The van der Waals surface area contributed by atoms with E-state index < -0.39 is 0 Å². The molecule has 38 heavy (non-hydrogen) atoms. The first-order valence-electron chi connectivity index (χ1n) is 12.4. The lowest BCUT2D eigenvalue weighted by Crippen LogP contribution is -2.12. The minimum Gasteiger partial charge on any atom is -0.353 e. The smallest absolute Gasteiger partial charge is 0.116 e. The van der Waals surface area contributed by atoms with Crippen molar-refractivity contribution in [2.24, 2.45) is 0 Å². The van der Waals surface area contributed by atoms with E-state index in [1.165, 1.54) is 5.56 Å². The molecule has 1 aromatic carbocycles. The lowest BCUT2D eigenvalue weighted by molar-refractivity contribution is 0.691. The number of benzene rings is 1. The zero-order chi connectivity index (χ0) is 25.3. The average molecular weight is 514 g/mol. The predicted molar refractivity (Wildman–Crippen MR) is 153 cm³/mol. The summed E-state index contributed by atoms with van der Waals surface area (Å²) in [6.45, 7) is 1.53. The second kappa shape index (κ2) is 9.66. The molecule has 0 amide bonds. The molecule has 0 atom stereocenters. The summed E-state index contributed by atoms with van der Waals surface area (Å²) in [7, 11) is 0. The number of nitrogens with zero attached hydrogens (tertiary/aromatic N) is 4. The van der Waals surface area contributed by atoms with Crippen molar-refractivity contribution in [2.75, 3.05) is 0 Å². The maximum absolute atomic E-state index is 4.69. The van der Waals surface area contributed by atoms with Crippen LogP contribution in [0.2, 0.25) is 0 Å². The van der Waals surface area contributed by atoms with Crippen molar-refractivity contribution in [1.82, 2.24) is 35.5 Å². The highest BCUT2D eigenvalue weighted by molar-refractivity contribution is 7.08. The fourth-order valence-electron chi connectivity index (χ4n) is 4.76. The highest BCUT2D eigenvalue weighted by Crippen LogP contribution is 2.34. The lowest BCUT2D eigenvalue weighted by atomic mass is 10.1. The number of hydrogen-bond donors (Lipinski definition) is 3. The van der Waals surface area contributed by atoms with Crippen LogP contribution in [0.25, 0.3) is 55.7 Å². The molecule has 3 N–H and O–H groups in total. The minimum atomic E-state index is 0.727. The zero-order valence-corrected chi connectivity index (χ0v) is 21.2. The Morgan fingerprint density at radius 3 is 2.55 bits per heavy atom. The summed E-state index contributed by atoms with van der Waals surface area (Å²) < 4.78 is 0. The van der Waals surface area contributed by atoms with E-state index in [1.54, 1.807) is 11.3 Å². The van der Waals surface area contributed by atoms with Crippen LogP contribution in [0.1, 0.15) is 11.1 Å². The van der Waals surface area contributed by atoms with Gasteiger partial charge < -0.3 is 10.3 Å². The molecule has 0 unspecified atom stereocenters. The summed E-state index contributed by atoms with van der Waals surface area (Å²) in [5.74, 6) is 0. The molecule has 6 aromatic heterocycles. The van der Waals surface area contributed by atoms with Gasteiger partial charge in [0.25, 0.3) is 0 Å². The number of nitrogens with one attached hydrogen (secondary N) is 3. The van der Waals surface area contributed by atoms with Crippen LogP contribution in [0.3, 0.4) is 0 Å². The van der Waals surface area contributed by atoms with Gasteiger partial charge in [0.1, 0.15) is 5.69 Å². The molecule has 0 fully saturated rings. The van der Waals surface area contributed by atoms with Crippen LogP contribution < -0.4 is 5.32 Å². The van der Waals surface area contributed by atoms with Crippen molar-refractivity contribution in [3.05, 3.63) is 107 Å². The largest absolute Gasteiger partial charge is 0.353 e. The molecule has 0 aliphatic carbocycles. The zero-order valence-electron chi connectivity index (χ0n) is 20.3. The third-order valence-electron chi connectivity index (χ3n) is 6.64. The molecule has 7 aromatic rings. The van der Waals surface area contributed by atoms with Gasteiger partial charge in [-0.15, -0.1) is 0 Å². The first kappa shape index (κ1) is 22.5. The number of aromatic nitrogens is 6. The molecule has 0 radical (unpaired) electrons. The van der Waals surface area contributed by atoms with Crippen LogP contribution in [-0.4, -0.2) is 30.1 Å². The van der Waals surface area contributed by atoms with Gasteiger partial charge in [-0.05, 0) is 46.8 Å². The highest BCUT2D eigenvalue weighted by Gasteiger charge is 2.15. The Hall–Kier alpha value is -4.66. The van der Waals surface area contributed by atoms with E-state index in [-0.39, 0.29) is 0 Å². The minimum absolute atomic E-state index is 0.727. The molecule has 8 heteroatoms. The summed E-state index contributed by atoms with van der Waals surface area (Å²) >= 11 is 1.67. The van der Waals surface area contributed by atoms with E-state index in [2.05, 4.69) is 89.8 Å². The van der Waals surface area contributed by atoms with Gasteiger partial charge in [0, 0.05) is 64.5 Å². The van der Waals surface area contributed by atoms with Crippen molar-refractivity contribution >= 4 is 33.1 Å². The van der Waals surface area contributed by atoms with Crippen LogP contribution in [0.4, 0.5) is 0 Å². The maximum atomic E-state index is 4.69. The van der Waals surface area contributed by atoms with Crippen molar-refractivity contribution in [2.45, 2.75) is 13.1 Å². The average Bonchev–Trinajstić information content (AvgIpc) is 3.73. The monoisotopic (exact) mass is 513 g/mol. The van der Waals surface area contributed by atoms with E-state index in [4.69, 9.17) is 4.98 Å². The van der Waals surface area contributed by atoms with Gasteiger partial charge in [-0.25, -0.2) is 0 Å². The van der Waals surface area contributed by atoms with Gasteiger partial charge in [-0.2, -0.15) is 16.4 Å². The number of thiophene rings is 1. The Morgan fingerprint density at radius 1 is 0.763 bits per heavy atom. The molecule has 0 spiro atoms. The van der Waals surface area contributed by atoms with Gasteiger partial charge >= 0.3 is 0 Å². The summed E-state index contributed by atoms with van der Waals surface area (Å²) in [5.41, 5.74) is 9.98. The summed E-state index contributed by atoms with van der Waals surface area (Å²) in [6, 6.07) is 20.8. The Kier molecular flexibility index (Phi) is 5.73. The highest BCUT2D eigenvalue weighted by atomic mass is 32.1. The van der Waals surface area contributed by atoms with Gasteiger partial charge in [0.2, 0.25) is 0 Å². The van der Waals surface area contributed by atoms with Crippen molar-refractivity contribution in [3.8, 4) is 33.9 Å². The lowest BCUT2D eigenvalue weighted by Gasteiger charge is -2.07. The van der Waals surface area contributed by atoms with E-state index >= 15 is 0 Å². The van der Waals surface area contributed by atoms with E-state index in [1.807, 2.05) is 36.9 Å². The molecule has 7 nitrogen and oxygen atoms in total. The van der Waals surface area contributed by atoms with Crippen LogP contribution in [0, 0.1) is 0 Å². The molecule has 184 valence electrons. The molecule has 6 heterocycles. The number of H-pyrrole nitrogens is 2. The van der Waals surface area contributed by atoms with Gasteiger partial charge in [0.15, 0.2) is 0 Å². The Morgan fingerprint density at radius 2 is 1.66 bits per heavy atom. The topological polar surface area (TPSA) is 95.2 Å². The van der Waals surface area contributed by atoms with Crippen LogP contribution in [-0.2, 0) is 13.1 Å². The van der Waals surface area contributed by atoms with Crippen LogP contribution in [0.5, 0.6) is 0 Å². The van der Waals surface area contributed by atoms with Crippen molar-refractivity contribution in [1.29, 1.82) is 0 Å². The molecular weight excluding hydrogens is 490 g/mol. The number of pyridine rings is 3. The van der Waals surface area contributed by atoms with Crippen LogP contribution >= 0.6 is 11.3 Å². The first-order valence-corrected chi connectivity index (χ1v) is 13.3. The molecule has 0 saturated carbocycles. The number of rotatable bonds is 7. The number of hydrogen-bond acceptors (Lipinski definition) is 6.